The summed E-state index contributed by atoms with van der Waals surface area (Å²) in [5.41, 5.74) is 0. The van der Waals surface area contributed by atoms with Gasteiger partial charge in [-0.1, -0.05) is 0 Å². The molecule has 1 saturated heterocycles. The zero-order valence-corrected chi connectivity index (χ0v) is 7.66. The number of hydrogen-bond donors (Lipinski definition) is 0. The third-order valence-corrected chi connectivity index (χ3v) is 3.67. The molecule has 2 aliphatic carbocycles. The van der Waals surface area contributed by atoms with E-state index in [9.17, 15) is 4.79 Å². The predicted molar refractivity (Wildman–Crippen MR) is 46.2 cm³/mol. The largest absolute Gasteiger partial charge is 0.406 e. The topological polar surface area (TPSA) is 39.1 Å². The SMILES string of the molecule is O=C1CC2CC3(CC2C1)OCC[OH+]3. The van der Waals surface area contributed by atoms with E-state index in [0.29, 0.717) is 17.6 Å². The molecule has 1 N–H and O–H groups in total. The van der Waals surface area contributed by atoms with Gasteiger partial charge in [0.2, 0.25) is 0 Å². The third-order valence-electron chi connectivity index (χ3n) is 3.67. The lowest BCUT2D eigenvalue weighted by Crippen LogP contribution is -2.30. The van der Waals surface area contributed by atoms with Crippen LogP contribution in [0.3, 0.4) is 0 Å². The zero-order chi connectivity index (χ0) is 8.89. The van der Waals surface area contributed by atoms with E-state index in [-0.39, 0.29) is 5.79 Å². The van der Waals surface area contributed by atoms with Gasteiger partial charge in [-0.15, -0.1) is 0 Å². The summed E-state index contributed by atoms with van der Waals surface area (Å²) in [7, 11) is 0. The van der Waals surface area contributed by atoms with E-state index in [4.69, 9.17) is 4.74 Å². The lowest BCUT2D eigenvalue weighted by atomic mass is 10.0. The molecule has 0 aromatic heterocycles. The van der Waals surface area contributed by atoms with Gasteiger partial charge in [-0.2, -0.15) is 0 Å². The molecule has 3 aliphatic rings. The van der Waals surface area contributed by atoms with Crippen LogP contribution in [-0.2, 0) is 9.53 Å². The first kappa shape index (κ1) is 7.94. The van der Waals surface area contributed by atoms with Gasteiger partial charge in [0.1, 0.15) is 12.4 Å². The van der Waals surface area contributed by atoms with Crippen molar-refractivity contribution in [1.82, 2.24) is 0 Å². The van der Waals surface area contributed by atoms with Crippen LogP contribution in [0.4, 0.5) is 0 Å². The molecule has 3 nitrogen and oxygen atoms in total. The van der Waals surface area contributed by atoms with Crippen molar-refractivity contribution in [3.8, 4) is 0 Å². The molecule has 3 rings (SSSR count). The van der Waals surface area contributed by atoms with Crippen LogP contribution in [0.15, 0.2) is 0 Å². The van der Waals surface area contributed by atoms with Crippen LogP contribution in [0.1, 0.15) is 25.7 Å². The molecule has 2 saturated carbocycles. The van der Waals surface area contributed by atoms with Crippen LogP contribution in [0.25, 0.3) is 0 Å². The Morgan fingerprint density at radius 2 is 2.00 bits per heavy atom. The van der Waals surface area contributed by atoms with E-state index < -0.39 is 0 Å². The smallest absolute Gasteiger partial charge is 0.275 e. The number of ether oxygens (including phenoxy) is 2. The predicted octanol–water partition coefficient (Wildman–Crippen LogP) is 0.630. The van der Waals surface area contributed by atoms with Crippen molar-refractivity contribution in [2.45, 2.75) is 31.5 Å². The Balaban J connectivity index is 1.77. The molecule has 0 bridgehead atoms. The van der Waals surface area contributed by atoms with Crippen molar-refractivity contribution in [2.75, 3.05) is 13.2 Å². The fourth-order valence-corrected chi connectivity index (χ4v) is 3.16. The van der Waals surface area contributed by atoms with Crippen molar-refractivity contribution in [3.63, 3.8) is 0 Å². The van der Waals surface area contributed by atoms with Gasteiger partial charge < -0.3 is 9.47 Å². The van der Waals surface area contributed by atoms with Gasteiger partial charge in [0.05, 0.1) is 12.8 Å². The standard InChI is InChI=1S/C10H14O3/c11-9-3-7-5-10(6-8(7)4-9)12-1-2-13-10/h7-8H,1-6H2/p+1. The van der Waals surface area contributed by atoms with Gasteiger partial charge in [-0.3, -0.25) is 4.79 Å². The van der Waals surface area contributed by atoms with Gasteiger partial charge in [0.25, 0.3) is 5.79 Å². The van der Waals surface area contributed by atoms with Crippen LogP contribution < -0.4 is 0 Å². The summed E-state index contributed by atoms with van der Waals surface area (Å²) >= 11 is 0. The third kappa shape index (κ3) is 1.14. The summed E-state index contributed by atoms with van der Waals surface area (Å²) in [6.45, 7) is 1.64. The Morgan fingerprint density at radius 3 is 2.54 bits per heavy atom. The minimum atomic E-state index is -0.157. The molecule has 3 heteroatoms. The van der Waals surface area contributed by atoms with E-state index in [0.717, 1.165) is 38.9 Å². The molecule has 1 aliphatic heterocycles. The Kier molecular flexibility index (Phi) is 1.56. The molecular formula is C10H15O3+. The van der Waals surface area contributed by atoms with Crippen LogP contribution in [0, 0.1) is 11.8 Å². The lowest BCUT2D eigenvalue weighted by Gasteiger charge is -2.17. The minimum absolute atomic E-state index is 0.157. The molecule has 0 aromatic rings. The maximum absolute atomic E-state index is 11.2. The molecule has 13 heavy (non-hydrogen) atoms. The number of fused-ring (bicyclic) bond motifs is 1. The number of aliphatic hydroxyl groups is 2. The molecular weight excluding hydrogens is 168 g/mol. The van der Waals surface area contributed by atoms with Gasteiger partial charge in [0, 0.05) is 12.8 Å². The van der Waals surface area contributed by atoms with Crippen molar-refractivity contribution < 1.29 is 14.3 Å². The molecule has 0 amide bonds. The summed E-state index contributed by atoms with van der Waals surface area (Å²) in [4.78, 5) is 11.2. The second kappa shape index (κ2) is 2.55. The number of ketones is 1. The van der Waals surface area contributed by atoms with Crippen molar-refractivity contribution in [3.05, 3.63) is 0 Å². The van der Waals surface area contributed by atoms with Gasteiger partial charge in [-0.25, -0.2) is 0 Å². The summed E-state index contributed by atoms with van der Waals surface area (Å²) in [6, 6.07) is 0. The number of carbonyl (C=O) groups excluding carboxylic acids is 1. The Labute approximate surface area is 77.4 Å². The van der Waals surface area contributed by atoms with E-state index in [1.54, 1.807) is 0 Å². The average Bonchev–Trinajstić information content (AvgIpc) is 2.67. The number of carbonyl (C=O) groups is 1. The van der Waals surface area contributed by atoms with Crippen LogP contribution in [0.5, 0.6) is 0 Å². The first-order chi connectivity index (χ1) is 6.27. The first-order valence-electron chi connectivity index (χ1n) is 5.12. The van der Waals surface area contributed by atoms with Gasteiger partial charge in [-0.05, 0) is 11.8 Å². The molecule has 0 radical (unpaired) electrons. The summed E-state index contributed by atoms with van der Waals surface area (Å²) in [6.07, 6.45) is 3.57. The van der Waals surface area contributed by atoms with Crippen LogP contribution in [-0.4, -0.2) is 29.5 Å². The molecule has 1 heterocycles. The number of hydrogen-bond acceptors (Lipinski definition) is 2. The fourth-order valence-electron chi connectivity index (χ4n) is 3.16. The van der Waals surface area contributed by atoms with Crippen molar-refractivity contribution >= 4 is 5.78 Å². The number of Topliss-reactive ketones (excluding diaryl/α,β-unsaturated/α-hetero) is 1. The zero-order valence-electron chi connectivity index (χ0n) is 7.66. The van der Waals surface area contributed by atoms with E-state index in [1.165, 1.54) is 0 Å². The fraction of sp³-hybridized carbons (Fsp3) is 0.900. The molecule has 1 spiro atoms. The van der Waals surface area contributed by atoms with E-state index >= 15 is 0 Å². The van der Waals surface area contributed by atoms with E-state index in [2.05, 4.69) is 4.74 Å². The maximum Gasteiger partial charge on any atom is 0.275 e. The average molecular weight is 183 g/mol. The second-order valence-electron chi connectivity index (χ2n) is 4.55. The monoisotopic (exact) mass is 183 g/mol. The van der Waals surface area contributed by atoms with Crippen LogP contribution in [0.2, 0.25) is 0 Å². The Hall–Kier alpha value is -0.410. The van der Waals surface area contributed by atoms with E-state index in [1.807, 2.05) is 0 Å². The normalized spacial score (nSPS) is 49.1. The Morgan fingerprint density at radius 1 is 1.31 bits per heavy atom. The van der Waals surface area contributed by atoms with Gasteiger partial charge in [0.15, 0.2) is 6.61 Å². The molecule has 0 aromatic carbocycles. The summed E-state index contributed by atoms with van der Waals surface area (Å²) < 4.78 is 10.2. The Bertz CT molecular complexity index is 225. The highest BCUT2D eigenvalue weighted by atomic mass is 16.7. The second-order valence-corrected chi connectivity index (χ2v) is 4.55. The molecule has 3 fully saturated rings. The molecule has 72 valence electrons. The maximum atomic E-state index is 11.2. The summed E-state index contributed by atoms with van der Waals surface area (Å²) in [5.74, 6) is 1.45. The highest BCUT2D eigenvalue weighted by Crippen LogP contribution is 2.49. The minimum Gasteiger partial charge on any atom is -0.406 e. The van der Waals surface area contributed by atoms with Crippen molar-refractivity contribution in [2.24, 2.45) is 11.8 Å². The van der Waals surface area contributed by atoms with Crippen LogP contribution >= 0.6 is 0 Å². The highest BCUT2D eigenvalue weighted by molar-refractivity contribution is 5.81. The lowest BCUT2D eigenvalue weighted by molar-refractivity contribution is -0.246. The number of rotatable bonds is 0. The summed E-state index contributed by atoms with van der Waals surface area (Å²) in [5, 5.41) is 0. The quantitative estimate of drug-likeness (QED) is 0.517. The van der Waals surface area contributed by atoms with Crippen molar-refractivity contribution in [1.29, 1.82) is 0 Å². The first-order valence-corrected chi connectivity index (χ1v) is 5.12. The highest BCUT2D eigenvalue weighted by Gasteiger charge is 2.56. The molecule has 2 unspecified atom stereocenters. The van der Waals surface area contributed by atoms with Gasteiger partial charge >= 0.3 is 0 Å². The molecule has 2 atom stereocenters.